The summed E-state index contributed by atoms with van der Waals surface area (Å²) in [7, 11) is 3.04. The lowest BCUT2D eigenvalue weighted by atomic mass is 10.1. The Morgan fingerprint density at radius 1 is 1.11 bits per heavy atom. The zero-order valence-corrected chi connectivity index (χ0v) is 10.6. The molecule has 8 nitrogen and oxygen atoms in total. The fourth-order valence-electron chi connectivity index (χ4n) is 1.56. The molecule has 2 aromatic heterocycles. The van der Waals surface area contributed by atoms with E-state index in [9.17, 15) is 0 Å². The van der Waals surface area contributed by atoms with Crippen LogP contribution in [0.4, 0.5) is 0 Å². The molecule has 100 valence electrons. The van der Waals surface area contributed by atoms with Crippen molar-refractivity contribution in [2.24, 2.45) is 5.84 Å². The van der Waals surface area contributed by atoms with Gasteiger partial charge in [0.2, 0.25) is 5.88 Å². The molecule has 0 fully saturated rings. The second kappa shape index (κ2) is 6.03. The van der Waals surface area contributed by atoms with Crippen molar-refractivity contribution < 1.29 is 9.47 Å². The van der Waals surface area contributed by atoms with E-state index in [2.05, 4.69) is 25.4 Å². The molecular weight excluding hydrogens is 248 g/mol. The van der Waals surface area contributed by atoms with Gasteiger partial charge < -0.3 is 9.47 Å². The van der Waals surface area contributed by atoms with E-state index in [1.165, 1.54) is 20.5 Å². The molecule has 2 heterocycles. The topological polar surface area (TPSA) is 108 Å². The SMILES string of the molecule is COc1cc(C(NN)c2cnc(OC)nc2)ncn1. The highest BCUT2D eigenvalue weighted by molar-refractivity contribution is 5.26. The van der Waals surface area contributed by atoms with Gasteiger partial charge in [0, 0.05) is 24.0 Å². The molecule has 0 aliphatic heterocycles. The molecule has 3 N–H and O–H groups in total. The largest absolute Gasteiger partial charge is 0.481 e. The van der Waals surface area contributed by atoms with Crippen molar-refractivity contribution in [1.29, 1.82) is 0 Å². The van der Waals surface area contributed by atoms with E-state index in [1.807, 2.05) is 0 Å². The summed E-state index contributed by atoms with van der Waals surface area (Å²) in [6.07, 6.45) is 4.64. The molecule has 8 heteroatoms. The highest BCUT2D eigenvalue weighted by atomic mass is 16.5. The van der Waals surface area contributed by atoms with E-state index in [0.29, 0.717) is 17.6 Å². The maximum Gasteiger partial charge on any atom is 0.316 e. The highest BCUT2D eigenvalue weighted by Gasteiger charge is 2.16. The first-order valence-corrected chi connectivity index (χ1v) is 5.46. The van der Waals surface area contributed by atoms with Crippen molar-refractivity contribution in [3.05, 3.63) is 36.0 Å². The van der Waals surface area contributed by atoms with Crippen LogP contribution in [0.2, 0.25) is 0 Å². The molecule has 0 aliphatic rings. The third-order valence-corrected chi connectivity index (χ3v) is 2.50. The number of hydrogen-bond acceptors (Lipinski definition) is 8. The molecule has 2 aromatic rings. The number of rotatable bonds is 5. The zero-order chi connectivity index (χ0) is 13.7. The van der Waals surface area contributed by atoms with Crippen LogP contribution in [0, 0.1) is 0 Å². The van der Waals surface area contributed by atoms with Crippen LogP contribution in [0.5, 0.6) is 11.9 Å². The third kappa shape index (κ3) is 2.92. The highest BCUT2D eigenvalue weighted by Crippen LogP contribution is 2.20. The van der Waals surface area contributed by atoms with E-state index < -0.39 is 0 Å². The van der Waals surface area contributed by atoms with Crippen molar-refractivity contribution >= 4 is 0 Å². The first-order chi connectivity index (χ1) is 9.28. The number of nitrogens with two attached hydrogens (primary N) is 1. The number of nitrogens with zero attached hydrogens (tertiary/aromatic N) is 4. The Morgan fingerprint density at radius 2 is 1.84 bits per heavy atom. The van der Waals surface area contributed by atoms with Crippen molar-refractivity contribution in [1.82, 2.24) is 25.4 Å². The van der Waals surface area contributed by atoms with Gasteiger partial charge in [0.25, 0.3) is 0 Å². The Morgan fingerprint density at radius 3 is 2.42 bits per heavy atom. The Hall–Kier alpha value is -2.32. The average molecular weight is 262 g/mol. The summed E-state index contributed by atoms with van der Waals surface area (Å²) in [5, 5.41) is 0. The number of methoxy groups -OCH3 is 2. The maximum atomic E-state index is 5.56. The fraction of sp³-hybridized carbons (Fsp3) is 0.273. The van der Waals surface area contributed by atoms with Gasteiger partial charge in [-0.05, 0) is 0 Å². The van der Waals surface area contributed by atoms with Gasteiger partial charge in [0.1, 0.15) is 6.33 Å². The first kappa shape index (κ1) is 13.1. The van der Waals surface area contributed by atoms with Gasteiger partial charge in [0.15, 0.2) is 0 Å². The summed E-state index contributed by atoms with van der Waals surface area (Å²) < 4.78 is 9.96. The van der Waals surface area contributed by atoms with Gasteiger partial charge in [-0.2, -0.15) is 0 Å². The molecule has 0 spiro atoms. The van der Waals surface area contributed by atoms with Crippen LogP contribution >= 0.6 is 0 Å². The summed E-state index contributed by atoms with van der Waals surface area (Å²) in [4.78, 5) is 16.2. The molecule has 2 rings (SSSR count). The monoisotopic (exact) mass is 262 g/mol. The van der Waals surface area contributed by atoms with Crippen LogP contribution < -0.4 is 20.7 Å². The normalized spacial score (nSPS) is 11.9. The van der Waals surface area contributed by atoms with Crippen LogP contribution in [0.15, 0.2) is 24.8 Å². The fourth-order valence-corrected chi connectivity index (χ4v) is 1.56. The predicted octanol–water partition coefficient (Wildman–Crippen LogP) is -0.164. The quantitative estimate of drug-likeness (QED) is 0.565. The standard InChI is InChI=1S/C11H14N6O2/c1-18-9-3-8(15-6-16-9)10(17-12)7-4-13-11(19-2)14-5-7/h3-6,10,17H,12H2,1-2H3. The van der Waals surface area contributed by atoms with Gasteiger partial charge in [-0.3, -0.25) is 5.84 Å². The summed E-state index contributed by atoms with van der Waals surface area (Å²) in [5.74, 6) is 6.02. The molecule has 1 atom stereocenters. The van der Waals surface area contributed by atoms with Crippen LogP contribution in [-0.2, 0) is 0 Å². The lowest BCUT2D eigenvalue weighted by molar-refractivity contribution is 0.378. The van der Waals surface area contributed by atoms with Crippen molar-refractivity contribution in [3.8, 4) is 11.9 Å². The Bertz CT molecular complexity index is 533. The molecule has 0 bridgehead atoms. The third-order valence-electron chi connectivity index (χ3n) is 2.50. The zero-order valence-electron chi connectivity index (χ0n) is 10.6. The molecule has 1 unspecified atom stereocenters. The van der Waals surface area contributed by atoms with Gasteiger partial charge in [-0.1, -0.05) is 0 Å². The maximum absolute atomic E-state index is 5.56. The van der Waals surface area contributed by atoms with Crippen molar-refractivity contribution in [2.45, 2.75) is 6.04 Å². The lowest BCUT2D eigenvalue weighted by Crippen LogP contribution is -2.29. The number of hydrogen-bond donors (Lipinski definition) is 2. The molecule has 0 aliphatic carbocycles. The van der Waals surface area contributed by atoms with Crippen molar-refractivity contribution in [2.75, 3.05) is 14.2 Å². The van der Waals surface area contributed by atoms with E-state index >= 15 is 0 Å². The van der Waals surface area contributed by atoms with E-state index in [-0.39, 0.29) is 6.04 Å². The van der Waals surface area contributed by atoms with Crippen LogP contribution in [0.25, 0.3) is 0 Å². The van der Waals surface area contributed by atoms with Gasteiger partial charge >= 0.3 is 6.01 Å². The Kier molecular flexibility index (Phi) is 4.16. The summed E-state index contributed by atoms with van der Waals surface area (Å²) >= 11 is 0. The van der Waals surface area contributed by atoms with Crippen molar-refractivity contribution in [3.63, 3.8) is 0 Å². The molecule has 19 heavy (non-hydrogen) atoms. The van der Waals surface area contributed by atoms with Crippen LogP contribution in [0.3, 0.4) is 0 Å². The first-order valence-electron chi connectivity index (χ1n) is 5.46. The van der Waals surface area contributed by atoms with Gasteiger partial charge in [-0.15, -0.1) is 0 Å². The molecular formula is C11H14N6O2. The van der Waals surface area contributed by atoms with Gasteiger partial charge in [0.05, 0.1) is 26.0 Å². The molecule has 0 radical (unpaired) electrons. The van der Waals surface area contributed by atoms with E-state index in [4.69, 9.17) is 15.3 Å². The summed E-state index contributed by atoms with van der Waals surface area (Å²) in [5.41, 5.74) is 4.07. The minimum Gasteiger partial charge on any atom is -0.481 e. The molecule has 0 saturated carbocycles. The molecule has 0 aromatic carbocycles. The lowest BCUT2D eigenvalue weighted by Gasteiger charge is -2.15. The second-order valence-corrected chi connectivity index (χ2v) is 3.59. The predicted molar refractivity (Wildman–Crippen MR) is 66.3 cm³/mol. The minimum absolute atomic E-state index is 0.291. The minimum atomic E-state index is -0.359. The van der Waals surface area contributed by atoms with Crippen LogP contribution in [-0.4, -0.2) is 34.2 Å². The number of ether oxygens (including phenoxy) is 2. The van der Waals surface area contributed by atoms with Crippen LogP contribution in [0.1, 0.15) is 17.3 Å². The summed E-state index contributed by atoms with van der Waals surface area (Å²) in [6, 6.07) is 1.62. The Labute approximate surface area is 110 Å². The van der Waals surface area contributed by atoms with E-state index in [0.717, 1.165) is 5.56 Å². The number of hydrazine groups is 1. The Balaban J connectivity index is 2.31. The number of nitrogens with one attached hydrogen (secondary N) is 1. The molecule has 0 amide bonds. The summed E-state index contributed by atoms with van der Waals surface area (Å²) in [6.45, 7) is 0. The van der Waals surface area contributed by atoms with Gasteiger partial charge in [-0.25, -0.2) is 25.4 Å². The number of aromatic nitrogens is 4. The molecule has 0 saturated heterocycles. The second-order valence-electron chi connectivity index (χ2n) is 3.59. The van der Waals surface area contributed by atoms with E-state index in [1.54, 1.807) is 18.5 Å². The smallest absolute Gasteiger partial charge is 0.316 e. The average Bonchev–Trinajstić information content (AvgIpc) is 2.49.